The molecule has 0 aliphatic carbocycles. The second kappa shape index (κ2) is 6.68. The fraction of sp³-hybridized carbons (Fsp3) is 0.235. The van der Waals surface area contributed by atoms with Crippen LogP contribution in [0.3, 0.4) is 0 Å². The standard InChI is InChI=1S/C17H16N4O4/c1-11-7-16(22)20(17(11)23)13-4-5-14(15(8-13)21(24)25)19-10-12-3-2-6-18-9-12/h2-6,8-9,11,19H,7,10H2,1H3/t11-/m1/s1. The third-order valence-electron chi connectivity index (χ3n) is 4.01. The first kappa shape index (κ1) is 16.6. The molecule has 1 aromatic heterocycles. The highest BCUT2D eigenvalue weighted by molar-refractivity contribution is 6.21. The number of pyridine rings is 1. The third-order valence-corrected chi connectivity index (χ3v) is 4.01. The van der Waals surface area contributed by atoms with Crippen molar-refractivity contribution in [2.75, 3.05) is 10.2 Å². The molecule has 1 aliphatic rings. The van der Waals surface area contributed by atoms with Crippen LogP contribution in [-0.2, 0) is 16.1 Å². The van der Waals surface area contributed by atoms with Crippen LogP contribution in [0.15, 0.2) is 42.7 Å². The van der Waals surface area contributed by atoms with Gasteiger partial charge in [0, 0.05) is 37.3 Å². The molecule has 1 atom stereocenters. The number of rotatable bonds is 5. The molecule has 0 saturated carbocycles. The van der Waals surface area contributed by atoms with Gasteiger partial charge in [-0.3, -0.25) is 29.6 Å². The Bertz CT molecular complexity index is 838. The van der Waals surface area contributed by atoms with Crippen LogP contribution >= 0.6 is 0 Å². The second-order valence-electron chi connectivity index (χ2n) is 5.85. The molecule has 25 heavy (non-hydrogen) atoms. The molecule has 0 radical (unpaired) electrons. The lowest BCUT2D eigenvalue weighted by Crippen LogP contribution is -2.30. The van der Waals surface area contributed by atoms with E-state index >= 15 is 0 Å². The van der Waals surface area contributed by atoms with E-state index in [2.05, 4.69) is 10.3 Å². The smallest absolute Gasteiger partial charge is 0.294 e. The van der Waals surface area contributed by atoms with Crippen molar-refractivity contribution >= 4 is 28.9 Å². The minimum absolute atomic E-state index is 0.119. The average molecular weight is 340 g/mol. The number of hydrogen-bond donors (Lipinski definition) is 1. The number of benzene rings is 1. The molecule has 2 aromatic rings. The monoisotopic (exact) mass is 340 g/mol. The van der Waals surface area contributed by atoms with Gasteiger partial charge in [-0.25, -0.2) is 0 Å². The van der Waals surface area contributed by atoms with E-state index in [9.17, 15) is 19.7 Å². The van der Waals surface area contributed by atoms with Crippen molar-refractivity contribution in [1.82, 2.24) is 4.98 Å². The van der Waals surface area contributed by atoms with Crippen LogP contribution in [0, 0.1) is 16.0 Å². The molecule has 1 saturated heterocycles. The Morgan fingerprint density at radius 1 is 1.36 bits per heavy atom. The van der Waals surface area contributed by atoms with E-state index in [-0.39, 0.29) is 29.6 Å². The van der Waals surface area contributed by atoms with Crippen LogP contribution in [0.2, 0.25) is 0 Å². The van der Waals surface area contributed by atoms with Crippen LogP contribution < -0.4 is 10.2 Å². The molecule has 1 aliphatic heterocycles. The van der Waals surface area contributed by atoms with Gasteiger partial charge in [0.05, 0.1) is 10.6 Å². The van der Waals surface area contributed by atoms with E-state index in [0.717, 1.165) is 10.5 Å². The molecule has 1 N–H and O–H groups in total. The number of aromatic nitrogens is 1. The van der Waals surface area contributed by atoms with Crippen molar-refractivity contribution < 1.29 is 14.5 Å². The lowest BCUT2D eigenvalue weighted by molar-refractivity contribution is -0.383. The Morgan fingerprint density at radius 3 is 2.76 bits per heavy atom. The summed E-state index contributed by atoms with van der Waals surface area (Å²) in [5.74, 6) is -1.09. The van der Waals surface area contributed by atoms with Crippen LogP contribution in [0.5, 0.6) is 0 Å². The summed E-state index contributed by atoms with van der Waals surface area (Å²) in [6.45, 7) is 2.03. The highest BCUT2D eigenvalue weighted by Gasteiger charge is 2.37. The number of nitro benzene ring substituents is 1. The zero-order valence-corrected chi connectivity index (χ0v) is 13.5. The maximum atomic E-state index is 12.1. The molecule has 1 aromatic carbocycles. The Morgan fingerprint density at radius 2 is 2.16 bits per heavy atom. The normalized spacial score (nSPS) is 17.0. The van der Waals surface area contributed by atoms with E-state index in [0.29, 0.717) is 12.2 Å². The molecule has 8 heteroatoms. The van der Waals surface area contributed by atoms with Gasteiger partial charge in [-0.05, 0) is 23.8 Å². The van der Waals surface area contributed by atoms with Crippen molar-refractivity contribution in [3.05, 3.63) is 58.4 Å². The van der Waals surface area contributed by atoms with Crippen molar-refractivity contribution in [3.63, 3.8) is 0 Å². The molecular weight excluding hydrogens is 324 g/mol. The number of nitrogens with zero attached hydrogens (tertiary/aromatic N) is 3. The Kier molecular flexibility index (Phi) is 4.42. The maximum Gasteiger partial charge on any atom is 0.294 e. The van der Waals surface area contributed by atoms with Crippen LogP contribution in [0.25, 0.3) is 0 Å². The predicted octanol–water partition coefficient (Wildman–Crippen LogP) is 2.50. The Labute approximate surface area is 143 Å². The summed E-state index contributed by atoms with van der Waals surface area (Å²) in [6, 6.07) is 7.92. The zero-order valence-electron chi connectivity index (χ0n) is 13.5. The quantitative estimate of drug-likeness (QED) is 0.509. The van der Waals surface area contributed by atoms with Gasteiger partial charge in [0.2, 0.25) is 11.8 Å². The number of carbonyl (C=O) groups is 2. The van der Waals surface area contributed by atoms with Gasteiger partial charge in [-0.15, -0.1) is 0 Å². The molecule has 128 valence electrons. The lowest BCUT2D eigenvalue weighted by atomic mass is 10.1. The number of anilines is 2. The molecule has 1 fully saturated rings. The summed E-state index contributed by atoms with van der Waals surface area (Å²) in [5, 5.41) is 14.4. The minimum atomic E-state index is -0.538. The molecule has 2 amide bonds. The molecule has 3 rings (SSSR count). The first-order valence-electron chi connectivity index (χ1n) is 7.75. The second-order valence-corrected chi connectivity index (χ2v) is 5.85. The number of nitrogens with one attached hydrogen (secondary N) is 1. The molecule has 8 nitrogen and oxygen atoms in total. The van der Waals surface area contributed by atoms with Gasteiger partial charge in [0.25, 0.3) is 5.69 Å². The van der Waals surface area contributed by atoms with E-state index < -0.39 is 10.8 Å². The number of imide groups is 1. The number of carbonyl (C=O) groups excluding carboxylic acids is 2. The first-order chi connectivity index (χ1) is 12.0. The SMILES string of the molecule is C[C@@H]1CC(=O)N(c2ccc(NCc3cccnc3)c([N+](=O)[O-])c2)C1=O. The van der Waals surface area contributed by atoms with Gasteiger partial charge >= 0.3 is 0 Å². The summed E-state index contributed by atoms with van der Waals surface area (Å²) in [5.41, 5.74) is 1.21. The van der Waals surface area contributed by atoms with Crippen molar-refractivity contribution in [1.29, 1.82) is 0 Å². The summed E-state index contributed by atoms with van der Waals surface area (Å²) < 4.78 is 0. The Balaban J connectivity index is 1.87. The molecule has 2 heterocycles. The van der Waals surface area contributed by atoms with Gasteiger partial charge in [-0.1, -0.05) is 13.0 Å². The topological polar surface area (TPSA) is 105 Å². The molecule has 0 bridgehead atoms. The molecule has 0 spiro atoms. The zero-order chi connectivity index (χ0) is 18.0. The minimum Gasteiger partial charge on any atom is -0.375 e. The Hall–Kier alpha value is -3.29. The fourth-order valence-corrected chi connectivity index (χ4v) is 2.71. The summed E-state index contributed by atoms with van der Waals surface area (Å²) >= 11 is 0. The van der Waals surface area contributed by atoms with Gasteiger partial charge in [0.15, 0.2) is 0 Å². The van der Waals surface area contributed by atoms with Gasteiger partial charge in [-0.2, -0.15) is 0 Å². The highest BCUT2D eigenvalue weighted by Crippen LogP contribution is 2.33. The van der Waals surface area contributed by atoms with Crippen molar-refractivity contribution in [2.24, 2.45) is 5.92 Å². The van der Waals surface area contributed by atoms with E-state index in [1.807, 2.05) is 6.07 Å². The van der Waals surface area contributed by atoms with Crippen molar-refractivity contribution in [3.8, 4) is 0 Å². The predicted molar refractivity (Wildman–Crippen MR) is 90.9 cm³/mol. The van der Waals surface area contributed by atoms with E-state index in [4.69, 9.17) is 0 Å². The highest BCUT2D eigenvalue weighted by atomic mass is 16.6. The van der Waals surface area contributed by atoms with E-state index in [1.165, 1.54) is 18.2 Å². The summed E-state index contributed by atoms with van der Waals surface area (Å²) in [6.07, 6.45) is 3.43. The van der Waals surface area contributed by atoms with Gasteiger partial charge in [0.1, 0.15) is 5.69 Å². The largest absolute Gasteiger partial charge is 0.375 e. The summed E-state index contributed by atoms with van der Waals surface area (Å²) in [4.78, 5) is 40.0. The average Bonchev–Trinajstić information content (AvgIpc) is 2.86. The molecule has 0 unspecified atom stereocenters. The van der Waals surface area contributed by atoms with Crippen LogP contribution in [0.1, 0.15) is 18.9 Å². The number of nitro groups is 1. The van der Waals surface area contributed by atoms with Gasteiger partial charge < -0.3 is 5.32 Å². The van der Waals surface area contributed by atoms with E-state index in [1.54, 1.807) is 25.4 Å². The third kappa shape index (κ3) is 3.32. The molecular formula is C17H16N4O4. The maximum absolute atomic E-state index is 12.1. The van der Waals surface area contributed by atoms with Crippen LogP contribution in [0.4, 0.5) is 17.1 Å². The summed E-state index contributed by atoms with van der Waals surface area (Å²) in [7, 11) is 0. The van der Waals surface area contributed by atoms with Crippen LogP contribution in [-0.4, -0.2) is 21.7 Å². The first-order valence-corrected chi connectivity index (χ1v) is 7.75. The van der Waals surface area contributed by atoms with Crippen molar-refractivity contribution in [2.45, 2.75) is 19.9 Å². The number of hydrogen-bond acceptors (Lipinski definition) is 6. The lowest BCUT2D eigenvalue weighted by Gasteiger charge is -2.15. The fourth-order valence-electron chi connectivity index (χ4n) is 2.71. The number of amides is 2.